The van der Waals surface area contributed by atoms with Crippen molar-refractivity contribution in [3.8, 4) is 5.75 Å². The normalized spacial score (nSPS) is 21.1. The van der Waals surface area contributed by atoms with Crippen LogP contribution in [0.4, 0.5) is 0 Å². The number of H-pyrrole nitrogens is 1. The van der Waals surface area contributed by atoms with Crippen LogP contribution in [-0.4, -0.2) is 66.1 Å². The molecule has 0 saturated carbocycles. The zero-order valence-electron chi connectivity index (χ0n) is 18.5. The van der Waals surface area contributed by atoms with E-state index in [1.807, 2.05) is 30.3 Å². The van der Waals surface area contributed by atoms with Crippen molar-refractivity contribution in [1.82, 2.24) is 19.4 Å². The molecular weight excluding hydrogens is 460 g/mol. The van der Waals surface area contributed by atoms with Gasteiger partial charge in [-0.15, -0.1) is 0 Å². The summed E-state index contributed by atoms with van der Waals surface area (Å²) in [5.41, 5.74) is 0.746. The minimum atomic E-state index is -3.52. The molecule has 33 heavy (non-hydrogen) atoms. The van der Waals surface area contributed by atoms with Crippen LogP contribution >= 0.6 is 11.6 Å². The highest BCUT2D eigenvalue weighted by Gasteiger charge is 2.35. The van der Waals surface area contributed by atoms with E-state index in [4.69, 9.17) is 16.3 Å². The molecule has 2 saturated heterocycles. The van der Waals surface area contributed by atoms with Crippen molar-refractivity contribution in [2.45, 2.75) is 49.1 Å². The lowest BCUT2D eigenvalue weighted by Gasteiger charge is -2.33. The fraction of sp³-hybridized carbons (Fsp3) is 0.458. The predicted molar refractivity (Wildman–Crippen MR) is 129 cm³/mol. The Bertz CT molecular complexity index is 1190. The van der Waals surface area contributed by atoms with Gasteiger partial charge >= 0.3 is 0 Å². The van der Waals surface area contributed by atoms with E-state index >= 15 is 0 Å². The number of ether oxygens (including phenoxy) is 1. The molecule has 9 heteroatoms. The SMILES string of the molecule is O=S(=O)(c1ccc2cn[nH]c2c1)N1CCC[C@@H]1CCN1CCC(Oc2ccc(Cl)cc2)CC1. The van der Waals surface area contributed by atoms with Crippen molar-refractivity contribution in [2.75, 3.05) is 26.2 Å². The number of hydrogen-bond acceptors (Lipinski definition) is 5. The first kappa shape index (κ1) is 22.7. The fourth-order valence-electron chi connectivity index (χ4n) is 4.91. The third kappa shape index (κ3) is 5.04. The van der Waals surface area contributed by atoms with E-state index in [1.165, 1.54) is 0 Å². The van der Waals surface area contributed by atoms with Crippen LogP contribution in [0.3, 0.4) is 0 Å². The van der Waals surface area contributed by atoms with Crippen LogP contribution in [0, 0.1) is 0 Å². The summed E-state index contributed by atoms with van der Waals surface area (Å²) < 4.78 is 34.5. The van der Waals surface area contributed by atoms with Gasteiger partial charge in [0.25, 0.3) is 0 Å². The van der Waals surface area contributed by atoms with Gasteiger partial charge in [0.1, 0.15) is 11.9 Å². The molecule has 1 aromatic heterocycles. The summed E-state index contributed by atoms with van der Waals surface area (Å²) in [4.78, 5) is 2.77. The molecule has 2 aromatic carbocycles. The van der Waals surface area contributed by atoms with Crippen LogP contribution in [-0.2, 0) is 10.0 Å². The number of aromatic amines is 1. The quantitative estimate of drug-likeness (QED) is 0.536. The van der Waals surface area contributed by atoms with E-state index in [-0.39, 0.29) is 12.1 Å². The van der Waals surface area contributed by atoms with Gasteiger partial charge in [0.2, 0.25) is 10.0 Å². The van der Waals surface area contributed by atoms with Crippen LogP contribution in [0.5, 0.6) is 5.75 Å². The number of fused-ring (bicyclic) bond motifs is 1. The predicted octanol–water partition coefficient (Wildman–Crippen LogP) is 4.30. The Morgan fingerprint density at radius 3 is 2.64 bits per heavy atom. The largest absolute Gasteiger partial charge is 0.490 e. The summed E-state index contributed by atoms with van der Waals surface area (Å²) in [6, 6.07) is 12.8. The average molecular weight is 489 g/mol. The summed E-state index contributed by atoms with van der Waals surface area (Å²) in [5.74, 6) is 0.859. The number of nitrogens with one attached hydrogen (secondary N) is 1. The zero-order valence-corrected chi connectivity index (χ0v) is 20.1. The topological polar surface area (TPSA) is 78.5 Å². The number of sulfonamides is 1. The third-order valence-corrected chi connectivity index (χ3v) is 8.97. The number of aromatic nitrogens is 2. The van der Waals surface area contributed by atoms with E-state index in [0.29, 0.717) is 16.5 Å². The number of nitrogens with zero attached hydrogens (tertiary/aromatic N) is 3. The Morgan fingerprint density at radius 1 is 1.06 bits per heavy atom. The first-order chi connectivity index (χ1) is 16.0. The Balaban J connectivity index is 1.15. The van der Waals surface area contributed by atoms with Gasteiger partial charge in [-0.1, -0.05) is 11.6 Å². The molecule has 1 atom stereocenters. The molecule has 7 nitrogen and oxygen atoms in total. The number of likely N-dealkylation sites (tertiary alicyclic amines) is 1. The maximum atomic E-state index is 13.4. The van der Waals surface area contributed by atoms with Crippen LogP contribution in [0.2, 0.25) is 5.02 Å². The van der Waals surface area contributed by atoms with Gasteiger partial charge in [-0.2, -0.15) is 9.40 Å². The minimum Gasteiger partial charge on any atom is -0.490 e. The van der Waals surface area contributed by atoms with Crippen LogP contribution in [0.15, 0.2) is 53.6 Å². The van der Waals surface area contributed by atoms with E-state index in [9.17, 15) is 8.42 Å². The van der Waals surface area contributed by atoms with Gasteiger partial charge in [-0.3, -0.25) is 5.10 Å². The summed E-state index contributed by atoms with van der Waals surface area (Å²) in [6.45, 7) is 3.43. The maximum absolute atomic E-state index is 13.4. The van der Waals surface area contributed by atoms with Crippen molar-refractivity contribution < 1.29 is 13.2 Å². The summed E-state index contributed by atoms with van der Waals surface area (Å²) >= 11 is 5.95. The first-order valence-corrected chi connectivity index (χ1v) is 13.4. The lowest BCUT2D eigenvalue weighted by atomic mass is 10.1. The molecule has 2 aliphatic heterocycles. The van der Waals surface area contributed by atoms with Gasteiger partial charge in [-0.25, -0.2) is 8.42 Å². The first-order valence-electron chi connectivity index (χ1n) is 11.6. The van der Waals surface area contributed by atoms with Gasteiger partial charge < -0.3 is 9.64 Å². The van der Waals surface area contributed by atoms with E-state index < -0.39 is 10.0 Å². The van der Waals surface area contributed by atoms with Crippen molar-refractivity contribution in [3.63, 3.8) is 0 Å². The summed E-state index contributed by atoms with van der Waals surface area (Å²) in [7, 11) is -3.52. The minimum absolute atomic E-state index is 0.0514. The molecule has 0 amide bonds. The molecule has 0 radical (unpaired) electrons. The Labute approximate surface area is 199 Å². The second kappa shape index (κ2) is 9.62. The number of piperidine rings is 1. The van der Waals surface area contributed by atoms with E-state index in [2.05, 4.69) is 15.1 Å². The number of benzene rings is 2. The lowest BCUT2D eigenvalue weighted by molar-refractivity contribution is 0.0971. The maximum Gasteiger partial charge on any atom is 0.243 e. The van der Waals surface area contributed by atoms with E-state index in [0.717, 1.165) is 68.4 Å². The van der Waals surface area contributed by atoms with Crippen LogP contribution < -0.4 is 4.74 Å². The lowest BCUT2D eigenvalue weighted by Crippen LogP contribution is -2.42. The number of hydrogen-bond donors (Lipinski definition) is 1. The second-order valence-electron chi connectivity index (χ2n) is 8.93. The Morgan fingerprint density at radius 2 is 1.85 bits per heavy atom. The fourth-order valence-corrected chi connectivity index (χ4v) is 6.79. The molecule has 2 aliphatic rings. The molecule has 1 N–H and O–H groups in total. The summed E-state index contributed by atoms with van der Waals surface area (Å²) in [5, 5.41) is 8.49. The summed E-state index contributed by atoms with van der Waals surface area (Å²) in [6.07, 6.45) is 6.54. The molecule has 5 rings (SSSR count). The molecule has 0 bridgehead atoms. The van der Waals surface area contributed by atoms with Crippen molar-refractivity contribution in [2.24, 2.45) is 0 Å². The smallest absolute Gasteiger partial charge is 0.243 e. The average Bonchev–Trinajstić information content (AvgIpc) is 3.49. The zero-order chi connectivity index (χ0) is 22.8. The van der Waals surface area contributed by atoms with Crippen LogP contribution in [0.1, 0.15) is 32.1 Å². The van der Waals surface area contributed by atoms with Crippen molar-refractivity contribution >= 4 is 32.5 Å². The third-order valence-electron chi connectivity index (χ3n) is 6.77. The molecule has 0 unspecified atom stereocenters. The molecule has 3 aromatic rings. The molecular formula is C24H29ClN4O3S. The van der Waals surface area contributed by atoms with Crippen molar-refractivity contribution in [3.05, 3.63) is 53.7 Å². The molecule has 2 fully saturated rings. The van der Waals surface area contributed by atoms with Gasteiger partial charge in [0.15, 0.2) is 0 Å². The van der Waals surface area contributed by atoms with Crippen LogP contribution in [0.25, 0.3) is 10.9 Å². The van der Waals surface area contributed by atoms with Crippen molar-refractivity contribution in [1.29, 1.82) is 0 Å². The Hall–Kier alpha value is -2.13. The molecule has 0 spiro atoms. The van der Waals surface area contributed by atoms with Gasteiger partial charge in [0, 0.05) is 36.1 Å². The molecule has 176 valence electrons. The Kier molecular flexibility index (Phi) is 6.60. The van der Waals surface area contributed by atoms with Gasteiger partial charge in [-0.05, 0) is 81.1 Å². The molecule has 0 aliphatic carbocycles. The highest BCUT2D eigenvalue weighted by atomic mass is 35.5. The standard InChI is InChI=1S/C24H29ClN4O3S/c25-19-4-6-21(7-5-19)32-22-10-14-28(15-11-22)13-9-20-2-1-12-29(20)33(30,31)23-8-3-18-17-26-27-24(18)16-23/h3-8,16-17,20,22H,1-2,9-15H2,(H,26,27)/t20-/m1/s1. The van der Waals surface area contributed by atoms with E-state index in [1.54, 1.807) is 22.6 Å². The number of rotatable bonds is 7. The van der Waals surface area contributed by atoms with Gasteiger partial charge in [0.05, 0.1) is 16.6 Å². The second-order valence-corrected chi connectivity index (χ2v) is 11.3. The monoisotopic (exact) mass is 488 g/mol. The highest BCUT2D eigenvalue weighted by Crippen LogP contribution is 2.30. The highest BCUT2D eigenvalue weighted by molar-refractivity contribution is 7.89. The number of halogens is 1. The molecule has 3 heterocycles.